The quantitative estimate of drug-likeness (QED) is 0.840. The summed E-state index contributed by atoms with van der Waals surface area (Å²) >= 11 is 0. The Labute approximate surface area is 121 Å². The maximum Gasteiger partial charge on any atom is 0.116 e. The number of benzene rings is 1. The van der Waals surface area contributed by atoms with Crippen molar-refractivity contribution in [2.24, 2.45) is 4.99 Å². The highest BCUT2D eigenvalue weighted by Gasteiger charge is 2.13. The Morgan fingerprint density at radius 1 is 1.42 bits per heavy atom. The average molecular weight is 280 g/mol. The van der Waals surface area contributed by atoms with E-state index in [9.17, 15) is 0 Å². The van der Waals surface area contributed by atoms with Crippen molar-refractivity contribution in [3.05, 3.63) is 42.0 Å². The summed E-state index contributed by atoms with van der Waals surface area (Å²) in [5.41, 5.74) is 3.92. The van der Waals surface area contributed by atoms with Crippen LogP contribution in [0, 0.1) is 13.8 Å². The fourth-order valence-electron chi connectivity index (χ4n) is 2.22. The molecule has 0 atom stereocenters. The first-order valence-electron chi connectivity index (χ1n) is 6.41. The molecule has 4 heteroatoms. The molecular formula is C15H22ClN3. The summed E-state index contributed by atoms with van der Waals surface area (Å²) in [6, 6.07) is 6.43. The second kappa shape index (κ2) is 7.19. The highest BCUT2D eigenvalue weighted by molar-refractivity contribution is 5.88. The highest BCUT2D eigenvalue weighted by Crippen LogP contribution is 2.22. The number of aryl methyl sites for hydroxylation is 1. The number of hydrogen-bond donors (Lipinski definition) is 1. The molecule has 0 aliphatic carbocycles. The zero-order valence-electron chi connectivity index (χ0n) is 11.6. The smallest absolute Gasteiger partial charge is 0.116 e. The van der Waals surface area contributed by atoms with E-state index in [-0.39, 0.29) is 12.4 Å². The Kier molecular flexibility index (Phi) is 5.90. The van der Waals surface area contributed by atoms with Gasteiger partial charge in [0.25, 0.3) is 0 Å². The van der Waals surface area contributed by atoms with Crippen LogP contribution in [0.3, 0.4) is 0 Å². The van der Waals surface area contributed by atoms with Crippen LogP contribution in [0.2, 0.25) is 0 Å². The zero-order valence-corrected chi connectivity index (χ0v) is 12.5. The first kappa shape index (κ1) is 15.6. The highest BCUT2D eigenvalue weighted by atomic mass is 35.5. The van der Waals surface area contributed by atoms with Crippen molar-refractivity contribution >= 4 is 23.9 Å². The lowest BCUT2D eigenvalue weighted by atomic mass is 10.1. The lowest BCUT2D eigenvalue weighted by Crippen LogP contribution is -2.35. The van der Waals surface area contributed by atoms with E-state index in [0.29, 0.717) is 0 Å². The lowest BCUT2D eigenvalue weighted by Gasteiger charge is -2.26. The van der Waals surface area contributed by atoms with Crippen molar-refractivity contribution in [2.45, 2.75) is 13.8 Å². The first-order valence-corrected chi connectivity index (χ1v) is 6.41. The molecule has 0 saturated carbocycles. The SMILES string of the molecule is C=CCN(CC1=NCCN1)c1cccc(C)c1C.Cl. The lowest BCUT2D eigenvalue weighted by molar-refractivity contribution is 0.922. The fraction of sp³-hybridized carbons (Fsp3) is 0.400. The maximum absolute atomic E-state index is 4.46. The number of rotatable bonds is 5. The maximum atomic E-state index is 4.46. The molecule has 0 aromatic heterocycles. The van der Waals surface area contributed by atoms with Crippen molar-refractivity contribution in [3.63, 3.8) is 0 Å². The fourth-order valence-corrected chi connectivity index (χ4v) is 2.22. The molecule has 1 N–H and O–H groups in total. The molecule has 1 heterocycles. The minimum Gasteiger partial charge on any atom is -0.370 e. The van der Waals surface area contributed by atoms with E-state index in [0.717, 1.165) is 32.0 Å². The van der Waals surface area contributed by atoms with Crippen LogP contribution in [0.1, 0.15) is 11.1 Å². The molecular weight excluding hydrogens is 258 g/mol. The summed E-state index contributed by atoms with van der Waals surface area (Å²) in [6.07, 6.45) is 1.94. The molecule has 3 nitrogen and oxygen atoms in total. The predicted molar refractivity (Wildman–Crippen MR) is 85.9 cm³/mol. The minimum absolute atomic E-state index is 0. The monoisotopic (exact) mass is 279 g/mol. The molecule has 0 amide bonds. The van der Waals surface area contributed by atoms with Gasteiger partial charge in [-0.05, 0) is 31.0 Å². The number of hydrogen-bond acceptors (Lipinski definition) is 3. The second-order valence-corrected chi connectivity index (χ2v) is 4.64. The van der Waals surface area contributed by atoms with Crippen LogP contribution in [0.4, 0.5) is 5.69 Å². The number of nitrogens with zero attached hydrogens (tertiary/aromatic N) is 2. The number of amidine groups is 1. The van der Waals surface area contributed by atoms with Gasteiger partial charge in [-0.2, -0.15) is 0 Å². The van der Waals surface area contributed by atoms with Gasteiger partial charge < -0.3 is 10.2 Å². The van der Waals surface area contributed by atoms with Gasteiger partial charge in [0.05, 0.1) is 13.1 Å². The molecule has 1 aromatic carbocycles. The first-order chi connectivity index (χ1) is 8.72. The van der Waals surface area contributed by atoms with Gasteiger partial charge in [-0.1, -0.05) is 18.2 Å². The third-order valence-electron chi connectivity index (χ3n) is 3.35. The van der Waals surface area contributed by atoms with E-state index < -0.39 is 0 Å². The zero-order chi connectivity index (χ0) is 13.0. The summed E-state index contributed by atoms with van der Waals surface area (Å²) in [6.45, 7) is 11.7. The number of halogens is 1. The molecule has 0 saturated heterocycles. The van der Waals surface area contributed by atoms with Crippen molar-refractivity contribution in [3.8, 4) is 0 Å². The molecule has 1 aliphatic rings. The van der Waals surface area contributed by atoms with Crippen LogP contribution in [-0.2, 0) is 0 Å². The Bertz CT molecular complexity index is 468. The largest absolute Gasteiger partial charge is 0.370 e. The van der Waals surface area contributed by atoms with Crippen LogP contribution >= 0.6 is 12.4 Å². The molecule has 1 aliphatic heterocycles. The van der Waals surface area contributed by atoms with E-state index in [4.69, 9.17) is 0 Å². The van der Waals surface area contributed by atoms with E-state index in [1.165, 1.54) is 16.8 Å². The summed E-state index contributed by atoms with van der Waals surface area (Å²) in [5.74, 6) is 1.08. The van der Waals surface area contributed by atoms with Crippen LogP contribution < -0.4 is 10.2 Å². The molecule has 19 heavy (non-hydrogen) atoms. The minimum atomic E-state index is 0. The predicted octanol–water partition coefficient (Wildman–Crippen LogP) is 2.72. The van der Waals surface area contributed by atoms with Crippen molar-refractivity contribution < 1.29 is 0 Å². The Hall–Kier alpha value is -1.48. The third-order valence-corrected chi connectivity index (χ3v) is 3.35. The third kappa shape index (κ3) is 3.74. The number of anilines is 1. The summed E-state index contributed by atoms with van der Waals surface area (Å²) < 4.78 is 0. The van der Waals surface area contributed by atoms with Gasteiger partial charge in [0.15, 0.2) is 0 Å². The summed E-state index contributed by atoms with van der Waals surface area (Å²) in [4.78, 5) is 6.78. The Morgan fingerprint density at radius 2 is 2.21 bits per heavy atom. The van der Waals surface area contributed by atoms with Gasteiger partial charge >= 0.3 is 0 Å². The summed E-state index contributed by atoms with van der Waals surface area (Å²) in [7, 11) is 0. The van der Waals surface area contributed by atoms with Gasteiger partial charge in [0.2, 0.25) is 0 Å². The Balaban J connectivity index is 0.00000180. The van der Waals surface area contributed by atoms with Gasteiger partial charge in [0, 0.05) is 18.8 Å². The number of nitrogens with one attached hydrogen (secondary N) is 1. The molecule has 2 rings (SSSR count). The van der Waals surface area contributed by atoms with Crippen molar-refractivity contribution in [1.29, 1.82) is 0 Å². The van der Waals surface area contributed by atoms with Gasteiger partial charge in [-0.25, -0.2) is 0 Å². The second-order valence-electron chi connectivity index (χ2n) is 4.64. The topological polar surface area (TPSA) is 27.6 Å². The summed E-state index contributed by atoms with van der Waals surface area (Å²) in [5, 5.41) is 3.32. The molecule has 1 aromatic rings. The molecule has 0 unspecified atom stereocenters. The molecule has 0 radical (unpaired) electrons. The van der Waals surface area contributed by atoms with Gasteiger partial charge in [0.1, 0.15) is 5.84 Å². The van der Waals surface area contributed by atoms with E-state index in [1.807, 2.05) is 6.08 Å². The van der Waals surface area contributed by atoms with Crippen LogP contribution in [0.5, 0.6) is 0 Å². The van der Waals surface area contributed by atoms with Gasteiger partial charge in [-0.15, -0.1) is 19.0 Å². The normalized spacial score (nSPS) is 13.3. The van der Waals surface area contributed by atoms with Crippen LogP contribution in [-0.4, -0.2) is 32.0 Å². The van der Waals surface area contributed by atoms with Crippen molar-refractivity contribution in [2.75, 3.05) is 31.1 Å². The molecule has 0 fully saturated rings. The van der Waals surface area contributed by atoms with Crippen LogP contribution in [0.25, 0.3) is 0 Å². The van der Waals surface area contributed by atoms with E-state index in [1.54, 1.807) is 0 Å². The van der Waals surface area contributed by atoms with E-state index in [2.05, 4.69) is 53.8 Å². The molecule has 0 spiro atoms. The number of aliphatic imine (C=N–C) groups is 1. The van der Waals surface area contributed by atoms with Crippen LogP contribution in [0.15, 0.2) is 35.8 Å². The van der Waals surface area contributed by atoms with E-state index >= 15 is 0 Å². The van der Waals surface area contributed by atoms with Gasteiger partial charge in [-0.3, -0.25) is 4.99 Å². The Morgan fingerprint density at radius 3 is 2.84 bits per heavy atom. The standard InChI is InChI=1S/C15H21N3.ClH/c1-4-10-18(11-15-16-8-9-17-15)14-7-5-6-12(2)13(14)3;/h4-7H,1,8-11H2,2-3H3,(H,16,17);1H. The van der Waals surface area contributed by atoms with Crippen molar-refractivity contribution in [1.82, 2.24) is 5.32 Å². The molecule has 104 valence electrons. The average Bonchev–Trinajstić information content (AvgIpc) is 2.85. The molecule has 0 bridgehead atoms.